The summed E-state index contributed by atoms with van der Waals surface area (Å²) >= 11 is 11.6. The van der Waals surface area contributed by atoms with Crippen molar-refractivity contribution in [2.45, 2.75) is 12.7 Å². The van der Waals surface area contributed by atoms with Gasteiger partial charge in [-0.2, -0.15) is 23.5 Å². The Balaban J connectivity index is 1.77. The van der Waals surface area contributed by atoms with E-state index in [1.165, 1.54) is 24.3 Å². The first-order chi connectivity index (χ1) is 17.5. The molecule has 0 spiro atoms. The summed E-state index contributed by atoms with van der Waals surface area (Å²) < 4.78 is 60.7. The fourth-order valence-corrected chi connectivity index (χ4v) is 3.60. The number of ether oxygens (including phenoxy) is 1. The maximum absolute atomic E-state index is 13.9. The second-order valence-corrected chi connectivity index (χ2v) is 8.32. The summed E-state index contributed by atoms with van der Waals surface area (Å²) in [6, 6.07) is 10.1. The highest BCUT2D eigenvalue weighted by molar-refractivity contribution is 6.31. The Hall–Kier alpha value is -4.21. The van der Waals surface area contributed by atoms with Crippen molar-refractivity contribution in [2.24, 2.45) is 0 Å². The van der Waals surface area contributed by atoms with Gasteiger partial charge >= 0.3 is 6.18 Å². The van der Waals surface area contributed by atoms with E-state index in [4.69, 9.17) is 33.2 Å². The lowest BCUT2D eigenvalue weighted by Gasteiger charge is -2.15. The Morgan fingerprint density at radius 1 is 1.11 bits per heavy atom. The molecule has 188 valence electrons. The highest BCUT2D eigenvalue weighted by Gasteiger charge is 2.38. The van der Waals surface area contributed by atoms with E-state index in [1.54, 1.807) is 6.07 Å². The molecule has 2 aromatic heterocycles. The lowest BCUT2D eigenvalue weighted by molar-refractivity contribution is -0.142. The first kappa shape index (κ1) is 25.9. The highest BCUT2D eigenvalue weighted by atomic mass is 35.5. The van der Waals surface area contributed by atoms with Crippen molar-refractivity contribution in [3.63, 3.8) is 0 Å². The van der Waals surface area contributed by atoms with Crippen molar-refractivity contribution in [1.82, 2.24) is 19.7 Å². The van der Waals surface area contributed by atoms with Crippen LogP contribution < -0.4 is 15.9 Å². The molecule has 0 fully saturated rings. The van der Waals surface area contributed by atoms with Crippen molar-refractivity contribution in [1.29, 1.82) is 5.26 Å². The lowest BCUT2D eigenvalue weighted by Crippen LogP contribution is -2.27. The average Bonchev–Trinajstić information content (AvgIpc) is 2.83. The number of nitrogens with one attached hydrogen (secondary N) is 1. The Morgan fingerprint density at radius 3 is 2.54 bits per heavy atom. The molecule has 4 aromatic rings. The van der Waals surface area contributed by atoms with Crippen LogP contribution in [0.4, 0.5) is 17.6 Å². The molecule has 0 atom stereocenters. The summed E-state index contributed by atoms with van der Waals surface area (Å²) in [5.41, 5.74) is -3.35. The molecule has 0 aliphatic rings. The van der Waals surface area contributed by atoms with Crippen molar-refractivity contribution in [3.05, 3.63) is 102 Å². The average molecular weight is 552 g/mol. The minimum Gasteiger partial charge on any atom is -0.449 e. The number of hydrogen-bond donors (Lipinski definition) is 1. The molecule has 14 heteroatoms. The molecule has 0 aliphatic heterocycles. The van der Waals surface area contributed by atoms with Gasteiger partial charge in [-0.1, -0.05) is 29.3 Å². The van der Waals surface area contributed by atoms with Crippen LogP contribution in [0, 0.1) is 17.1 Å². The van der Waals surface area contributed by atoms with Gasteiger partial charge in [0.2, 0.25) is 5.75 Å². The van der Waals surface area contributed by atoms with Crippen molar-refractivity contribution in [3.8, 4) is 28.7 Å². The molecule has 2 aromatic carbocycles. The van der Waals surface area contributed by atoms with Gasteiger partial charge < -0.3 is 4.74 Å². The molecule has 4 rings (SSSR count). The molecule has 2 heterocycles. The number of rotatable bonds is 5. The zero-order valence-corrected chi connectivity index (χ0v) is 19.6. The fourth-order valence-electron chi connectivity index (χ4n) is 3.26. The minimum atomic E-state index is -5.05. The van der Waals surface area contributed by atoms with Crippen LogP contribution in [0.3, 0.4) is 0 Å². The molecule has 0 amide bonds. The third kappa shape index (κ3) is 5.63. The predicted molar refractivity (Wildman–Crippen MR) is 124 cm³/mol. The zero-order chi connectivity index (χ0) is 26.9. The standard InChI is InChI=1S/C23H11Cl2F4N5O3/c24-13-3-11(8-30)4-15(6-13)37-19-20(23(27,28)29)31-10-34(22(19)36)9-14-7-16(21(35)33-32-14)12-1-2-17(25)18(26)5-12/h1-7,10H,9H2,(H,33,35). The van der Waals surface area contributed by atoms with Gasteiger partial charge in [-0.05, 0) is 42.0 Å². The molecule has 0 radical (unpaired) electrons. The van der Waals surface area contributed by atoms with Gasteiger partial charge in [0.15, 0.2) is 5.69 Å². The van der Waals surface area contributed by atoms with E-state index in [-0.39, 0.29) is 38.2 Å². The van der Waals surface area contributed by atoms with Crippen LogP contribution in [-0.4, -0.2) is 19.7 Å². The smallest absolute Gasteiger partial charge is 0.437 e. The summed E-state index contributed by atoms with van der Waals surface area (Å²) in [4.78, 5) is 28.6. The van der Waals surface area contributed by atoms with Crippen LogP contribution in [0.5, 0.6) is 11.5 Å². The normalized spacial score (nSPS) is 11.3. The Bertz CT molecular complexity index is 1680. The monoisotopic (exact) mass is 551 g/mol. The van der Waals surface area contributed by atoms with Crippen LogP contribution in [0.1, 0.15) is 17.0 Å². The summed E-state index contributed by atoms with van der Waals surface area (Å²) in [5, 5.41) is 14.9. The molecular weight excluding hydrogens is 541 g/mol. The van der Waals surface area contributed by atoms with Gasteiger partial charge in [-0.15, -0.1) is 0 Å². The molecule has 0 unspecified atom stereocenters. The number of benzene rings is 2. The molecular formula is C23H11Cl2F4N5O3. The zero-order valence-electron chi connectivity index (χ0n) is 18.1. The topological polar surface area (TPSA) is 114 Å². The number of halogens is 6. The maximum atomic E-state index is 13.9. The van der Waals surface area contributed by atoms with E-state index in [1.807, 2.05) is 0 Å². The molecule has 0 aliphatic carbocycles. The molecule has 0 saturated heterocycles. The van der Waals surface area contributed by atoms with E-state index in [9.17, 15) is 27.2 Å². The van der Waals surface area contributed by atoms with Crippen LogP contribution in [0.2, 0.25) is 10.0 Å². The van der Waals surface area contributed by atoms with Gasteiger partial charge in [0.1, 0.15) is 11.6 Å². The van der Waals surface area contributed by atoms with E-state index in [0.29, 0.717) is 6.33 Å². The number of hydrogen-bond acceptors (Lipinski definition) is 6. The summed E-state index contributed by atoms with van der Waals surface area (Å²) in [6.45, 7) is -0.431. The maximum Gasteiger partial charge on any atom is 0.437 e. The van der Waals surface area contributed by atoms with Gasteiger partial charge in [-0.25, -0.2) is 14.5 Å². The van der Waals surface area contributed by atoms with Crippen molar-refractivity contribution in [2.75, 3.05) is 0 Å². The number of H-pyrrole nitrogens is 1. The van der Waals surface area contributed by atoms with E-state index < -0.39 is 41.1 Å². The fraction of sp³-hybridized carbons (Fsp3) is 0.0870. The van der Waals surface area contributed by atoms with Crippen LogP contribution in [0.15, 0.2) is 58.4 Å². The predicted octanol–water partition coefficient (Wildman–Crippen LogP) is 5.17. The Morgan fingerprint density at radius 2 is 1.86 bits per heavy atom. The highest BCUT2D eigenvalue weighted by Crippen LogP contribution is 2.35. The SMILES string of the molecule is N#Cc1cc(Cl)cc(Oc2c(C(F)(F)F)ncn(Cc3cc(-c4ccc(Cl)c(F)c4)c(=O)[nH]n3)c2=O)c1. The van der Waals surface area contributed by atoms with Gasteiger partial charge in [-0.3, -0.25) is 14.2 Å². The van der Waals surface area contributed by atoms with Crippen molar-refractivity contribution < 1.29 is 22.3 Å². The Kier molecular flexibility index (Phi) is 7.02. The van der Waals surface area contributed by atoms with Crippen LogP contribution in [0.25, 0.3) is 11.1 Å². The molecule has 0 saturated carbocycles. The third-order valence-corrected chi connectivity index (χ3v) is 5.43. The lowest BCUT2D eigenvalue weighted by atomic mass is 10.1. The van der Waals surface area contributed by atoms with Crippen LogP contribution >= 0.6 is 23.2 Å². The number of aromatic amines is 1. The van der Waals surface area contributed by atoms with Crippen molar-refractivity contribution >= 4 is 23.2 Å². The van der Waals surface area contributed by atoms with Gasteiger partial charge in [0.05, 0.1) is 40.8 Å². The second-order valence-electron chi connectivity index (χ2n) is 7.47. The summed E-state index contributed by atoms with van der Waals surface area (Å²) in [6.07, 6.45) is -4.41. The summed E-state index contributed by atoms with van der Waals surface area (Å²) in [5.74, 6) is -2.23. The first-order valence-corrected chi connectivity index (χ1v) is 10.8. The first-order valence-electron chi connectivity index (χ1n) is 10.1. The van der Waals surface area contributed by atoms with Gasteiger partial charge in [0, 0.05) is 5.02 Å². The Labute approximate surface area is 214 Å². The van der Waals surface area contributed by atoms with E-state index >= 15 is 0 Å². The minimum absolute atomic E-state index is 0.00423. The number of nitrogens with zero attached hydrogens (tertiary/aromatic N) is 4. The number of nitriles is 1. The van der Waals surface area contributed by atoms with E-state index in [2.05, 4.69) is 15.2 Å². The van der Waals surface area contributed by atoms with E-state index in [0.717, 1.165) is 22.8 Å². The number of alkyl halides is 3. The third-order valence-electron chi connectivity index (χ3n) is 4.90. The second kappa shape index (κ2) is 10.0. The van der Waals surface area contributed by atoms with Gasteiger partial charge in [0.25, 0.3) is 11.1 Å². The van der Waals surface area contributed by atoms with Crippen LogP contribution in [-0.2, 0) is 12.7 Å². The number of aromatic nitrogens is 4. The summed E-state index contributed by atoms with van der Waals surface area (Å²) in [7, 11) is 0. The molecule has 1 N–H and O–H groups in total. The largest absolute Gasteiger partial charge is 0.449 e. The quantitative estimate of drug-likeness (QED) is 0.342. The molecule has 37 heavy (non-hydrogen) atoms. The molecule has 0 bridgehead atoms. The molecule has 8 nitrogen and oxygen atoms in total.